The topological polar surface area (TPSA) is 101 Å². The van der Waals surface area contributed by atoms with Crippen LogP contribution in [-0.4, -0.2) is 42.0 Å². The molecule has 2 aromatic heterocycles. The Morgan fingerprint density at radius 3 is 2.38 bits per heavy atom. The Morgan fingerprint density at radius 2 is 1.77 bits per heavy atom. The summed E-state index contributed by atoms with van der Waals surface area (Å²) in [6.45, 7) is 0. The van der Waals surface area contributed by atoms with Gasteiger partial charge in [0.2, 0.25) is 5.88 Å². The highest BCUT2D eigenvalue weighted by atomic mass is 16.5. The first-order chi connectivity index (χ1) is 12.6. The molecule has 0 saturated heterocycles. The van der Waals surface area contributed by atoms with Crippen LogP contribution < -0.4 is 19.9 Å². The molecular weight excluding hydrogens is 336 g/mol. The average molecular weight is 354 g/mol. The van der Waals surface area contributed by atoms with Crippen LogP contribution in [0.15, 0.2) is 42.6 Å². The number of aromatic nitrogens is 3. The SMILES string of the molecule is COc1ccc(-c2cc(N)n(C(=O)c3ccc(OC)c(OC)c3)n2)cn1. The molecule has 8 nitrogen and oxygen atoms in total. The van der Waals surface area contributed by atoms with Crippen LogP contribution in [0.1, 0.15) is 10.4 Å². The molecule has 0 saturated carbocycles. The fraction of sp³-hybridized carbons (Fsp3) is 0.167. The highest BCUT2D eigenvalue weighted by molar-refractivity contribution is 5.98. The van der Waals surface area contributed by atoms with Gasteiger partial charge in [-0.3, -0.25) is 4.79 Å². The Morgan fingerprint density at radius 1 is 1.00 bits per heavy atom. The van der Waals surface area contributed by atoms with Gasteiger partial charge in [-0.1, -0.05) is 0 Å². The lowest BCUT2D eigenvalue weighted by Crippen LogP contribution is -2.16. The van der Waals surface area contributed by atoms with Crippen molar-refractivity contribution in [3.8, 4) is 28.6 Å². The maximum atomic E-state index is 12.8. The van der Waals surface area contributed by atoms with Crippen molar-refractivity contribution in [3.05, 3.63) is 48.2 Å². The molecule has 0 fully saturated rings. The molecule has 0 aliphatic heterocycles. The molecule has 0 unspecified atom stereocenters. The summed E-state index contributed by atoms with van der Waals surface area (Å²) in [5.41, 5.74) is 7.60. The van der Waals surface area contributed by atoms with E-state index in [9.17, 15) is 4.79 Å². The molecule has 0 radical (unpaired) electrons. The number of methoxy groups -OCH3 is 3. The zero-order chi connectivity index (χ0) is 18.7. The molecular formula is C18H18N4O4. The Bertz CT molecular complexity index is 935. The number of hydrogen-bond acceptors (Lipinski definition) is 7. The Kier molecular flexibility index (Phi) is 4.74. The third-order valence-corrected chi connectivity index (χ3v) is 3.80. The van der Waals surface area contributed by atoms with E-state index >= 15 is 0 Å². The second-order valence-electron chi connectivity index (χ2n) is 5.33. The van der Waals surface area contributed by atoms with Crippen molar-refractivity contribution in [3.63, 3.8) is 0 Å². The van der Waals surface area contributed by atoms with Crippen LogP contribution in [0.2, 0.25) is 0 Å². The van der Waals surface area contributed by atoms with Crippen molar-refractivity contribution in [1.82, 2.24) is 14.8 Å². The maximum absolute atomic E-state index is 12.8. The highest BCUT2D eigenvalue weighted by Gasteiger charge is 2.17. The summed E-state index contributed by atoms with van der Waals surface area (Å²) >= 11 is 0. The first-order valence-electron chi connectivity index (χ1n) is 7.70. The molecule has 8 heteroatoms. The van der Waals surface area contributed by atoms with Crippen molar-refractivity contribution in [2.45, 2.75) is 0 Å². The second kappa shape index (κ2) is 7.14. The van der Waals surface area contributed by atoms with E-state index in [-0.39, 0.29) is 11.7 Å². The third kappa shape index (κ3) is 3.16. The van der Waals surface area contributed by atoms with Gasteiger partial charge in [-0.05, 0) is 24.3 Å². The van der Waals surface area contributed by atoms with Gasteiger partial charge in [0, 0.05) is 29.5 Å². The van der Waals surface area contributed by atoms with Gasteiger partial charge in [0.25, 0.3) is 5.91 Å². The van der Waals surface area contributed by atoms with Gasteiger partial charge in [-0.25, -0.2) is 4.98 Å². The van der Waals surface area contributed by atoms with E-state index < -0.39 is 0 Å². The Hall–Kier alpha value is -3.55. The molecule has 1 aromatic carbocycles. The highest BCUT2D eigenvalue weighted by Crippen LogP contribution is 2.28. The lowest BCUT2D eigenvalue weighted by molar-refractivity contribution is 0.0948. The molecule has 0 aliphatic rings. The number of nitrogens with two attached hydrogens (primary N) is 1. The molecule has 134 valence electrons. The van der Waals surface area contributed by atoms with Gasteiger partial charge in [-0.15, -0.1) is 0 Å². The van der Waals surface area contributed by atoms with E-state index in [0.717, 1.165) is 10.2 Å². The molecule has 3 rings (SSSR count). The normalized spacial score (nSPS) is 10.4. The molecule has 0 amide bonds. The number of nitrogen functional groups attached to an aromatic ring is 1. The Balaban J connectivity index is 1.94. The molecule has 26 heavy (non-hydrogen) atoms. The molecule has 3 aromatic rings. The minimum atomic E-state index is -0.379. The number of benzene rings is 1. The molecule has 0 bridgehead atoms. The number of carbonyl (C=O) groups excluding carboxylic acids is 1. The second-order valence-corrected chi connectivity index (χ2v) is 5.33. The van der Waals surface area contributed by atoms with Crippen LogP contribution in [0, 0.1) is 0 Å². The summed E-state index contributed by atoms with van der Waals surface area (Å²) < 4.78 is 16.6. The molecule has 0 atom stereocenters. The van der Waals surface area contributed by atoms with Crippen molar-refractivity contribution < 1.29 is 19.0 Å². The van der Waals surface area contributed by atoms with E-state index in [1.807, 2.05) is 0 Å². The van der Waals surface area contributed by atoms with Gasteiger partial charge in [0.15, 0.2) is 11.5 Å². The summed E-state index contributed by atoms with van der Waals surface area (Å²) in [4.78, 5) is 16.9. The van der Waals surface area contributed by atoms with Crippen LogP contribution >= 0.6 is 0 Å². The van der Waals surface area contributed by atoms with Crippen molar-refractivity contribution >= 4 is 11.7 Å². The first-order valence-corrected chi connectivity index (χ1v) is 7.70. The summed E-state index contributed by atoms with van der Waals surface area (Å²) in [6.07, 6.45) is 1.60. The zero-order valence-electron chi connectivity index (χ0n) is 14.6. The quantitative estimate of drug-likeness (QED) is 0.749. The zero-order valence-corrected chi connectivity index (χ0v) is 14.6. The van der Waals surface area contributed by atoms with Crippen molar-refractivity contribution in [2.24, 2.45) is 0 Å². The van der Waals surface area contributed by atoms with E-state index in [4.69, 9.17) is 19.9 Å². The van der Waals surface area contributed by atoms with E-state index in [1.165, 1.54) is 21.3 Å². The predicted octanol–water partition coefficient (Wildman–Crippen LogP) is 2.24. The van der Waals surface area contributed by atoms with E-state index in [0.29, 0.717) is 28.6 Å². The average Bonchev–Trinajstić information content (AvgIpc) is 3.08. The van der Waals surface area contributed by atoms with Crippen molar-refractivity contribution in [2.75, 3.05) is 27.1 Å². The lowest BCUT2D eigenvalue weighted by atomic mass is 10.2. The summed E-state index contributed by atoms with van der Waals surface area (Å²) in [5, 5.41) is 4.30. The van der Waals surface area contributed by atoms with Crippen molar-refractivity contribution in [1.29, 1.82) is 0 Å². The first kappa shape index (κ1) is 17.3. The van der Waals surface area contributed by atoms with Crippen LogP contribution in [0.3, 0.4) is 0 Å². The van der Waals surface area contributed by atoms with Crippen LogP contribution in [0.25, 0.3) is 11.3 Å². The van der Waals surface area contributed by atoms with Gasteiger partial charge in [0.1, 0.15) is 5.82 Å². The van der Waals surface area contributed by atoms with E-state index in [1.54, 1.807) is 42.6 Å². The standard InChI is InChI=1S/C18H18N4O4/c1-24-14-6-4-11(8-15(14)25-2)18(23)22-16(19)9-13(21-22)12-5-7-17(26-3)20-10-12/h4-10H,19H2,1-3H3. The van der Waals surface area contributed by atoms with Gasteiger partial charge < -0.3 is 19.9 Å². The van der Waals surface area contributed by atoms with Gasteiger partial charge in [-0.2, -0.15) is 9.78 Å². The number of hydrogen-bond donors (Lipinski definition) is 1. The lowest BCUT2D eigenvalue weighted by Gasteiger charge is -2.09. The maximum Gasteiger partial charge on any atom is 0.280 e. The summed E-state index contributed by atoms with van der Waals surface area (Å²) in [6, 6.07) is 9.97. The fourth-order valence-electron chi connectivity index (χ4n) is 2.44. The number of nitrogens with zero attached hydrogens (tertiary/aromatic N) is 3. The van der Waals surface area contributed by atoms with Crippen LogP contribution in [0.4, 0.5) is 5.82 Å². The molecule has 2 N–H and O–H groups in total. The largest absolute Gasteiger partial charge is 0.493 e. The number of ether oxygens (including phenoxy) is 3. The number of rotatable bonds is 5. The van der Waals surface area contributed by atoms with Gasteiger partial charge in [0.05, 0.1) is 27.0 Å². The third-order valence-electron chi connectivity index (χ3n) is 3.80. The Labute approximate surface area is 150 Å². The minimum absolute atomic E-state index is 0.218. The van der Waals surface area contributed by atoms with Crippen LogP contribution in [-0.2, 0) is 0 Å². The molecule has 2 heterocycles. The van der Waals surface area contributed by atoms with E-state index in [2.05, 4.69) is 10.1 Å². The minimum Gasteiger partial charge on any atom is -0.493 e. The summed E-state index contributed by atoms with van der Waals surface area (Å²) in [7, 11) is 4.57. The smallest absolute Gasteiger partial charge is 0.280 e. The predicted molar refractivity (Wildman–Crippen MR) is 95.7 cm³/mol. The van der Waals surface area contributed by atoms with Gasteiger partial charge >= 0.3 is 0 Å². The molecule has 0 spiro atoms. The number of anilines is 1. The molecule has 0 aliphatic carbocycles. The monoisotopic (exact) mass is 354 g/mol. The number of pyridine rings is 1. The fourth-order valence-corrected chi connectivity index (χ4v) is 2.44. The summed E-state index contributed by atoms with van der Waals surface area (Å²) in [5.74, 6) is 1.31. The van der Waals surface area contributed by atoms with Crippen LogP contribution in [0.5, 0.6) is 17.4 Å². The number of carbonyl (C=O) groups is 1.